The molecular formula is C14H28N2OS. The van der Waals surface area contributed by atoms with Crippen LogP contribution < -0.4 is 11.1 Å². The van der Waals surface area contributed by atoms with Crippen LogP contribution in [0.3, 0.4) is 0 Å². The van der Waals surface area contributed by atoms with Crippen molar-refractivity contribution >= 4 is 17.7 Å². The molecular weight excluding hydrogens is 244 g/mol. The summed E-state index contributed by atoms with van der Waals surface area (Å²) in [7, 11) is 0. The Labute approximate surface area is 116 Å². The Morgan fingerprint density at radius 2 is 2.06 bits per heavy atom. The van der Waals surface area contributed by atoms with Gasteiger partial charge < -0.3 is 11.1 Å². The van der Waals surface area contributed by atoms with Gasteiger partial charge in [-0.2, -0.15) is 11.8 Å². The molecule has 18 heavy (non-hydrogen) atoms. The van der Waals surface area contributed by atoms with Crippen LogP contribution in [-0.2, 0) is 4.79 Å². The van der Waals surface area contributed by atoms with E-state index in [1.165, 1.54) is 32.1 Å². The van der Waals surface area contributed by atoms with Crippen molar-refractivity contribution in [2.24, 2.45) is 11.7 Å². The lowest BCUT2D eigenvalue weighted by Gasteiger charge is -2.30. The lowest BCUT2D eigenvalue weighted by Crippen LogP contribution is -2.45. The highest BCUT2D eigenvalue weighted by Crippen LogP contribution is 2.26. The maximum Gasteiger partial charge on any atom is 0.220 e. The van der Waals surface area contributed by atoms with Gasteiger partial charge in [-0.15, -0.1) is 0 Å². The molecule has 1 aliphatic rings. The monoisotopic (exact) mass is 272 g/mol. The van der Waals surface area contributed by atoms with E-state index in [0.29, 0.717) is 18.9 Å². The van der Waals surface area contributed by atoms with Crippen molar-refractivity contribution in [3.05, 3.63) is 0 Å². The molecule has 0 saturated heterocycles. The molecule has 1 saturated carbocycles. The molecule has 0 spiro atoms. The number of carbonyl (C=O) groups is 1. The van der Waals surface area contributed by atoms with Gasteiger partial charge in [0.2, 0.25) is 5.91 Å². The van der Waals surface area contributed by atoms with Crippen LogP contribution in [0, 0.1) is 5.92 Å². The van der Waals surface area contributed by atoms with Gasteiger partial charge in [0.25, 0.3) is 0 Å². The van der Waals surface area contributed by atoms with Crippen LogP contribution in [0.15, 0.2) is 0 Å². The summed E-state index contributed by atoms with van der Waals surface area (Å²) in [5, 5.41) is 3.14. The minimum absolute atomic E-state index is 0.192. The van der Waals surface area contributed by atoms with Crippen LogP contribution in [0.5, 0.6) is 0 Å². The van der Waals surface area contributed by atoms with Crippen molar-refractivity contribution in [1.82, 2.24) is 5.32 Å². The number of nitrogens with two attached hydrogens (primary N) is 1. The van der Waals surface area contributed by atoms with Gasteiger partial charge in [0.1, 0.15) is 0 Å². The standard InChI is InChI=1S/C14H28N2OS/c1-18-10-6-5-9-14(17)16-13(11-15)12-7-3-2-4-8-12/h12-13H,2-11,15H2,1H3,(H,16,17). The maximum absolute atomic E-state index is 11.8. The topological polar surface area (TPSA) is 55.1 Å². The SMILES string of the molecule is CSCCCCC(=O)NC(CN)C1CCCCC1. The zero-order valence-electron chi connectivity index (χ0n) is 11.6. The van der Waals surface area contributed by atoms with Gasteiger partial charge in [-0.1, -0.05) is 19.3 Å². The van der Waals surface area contributed by atoms with Crippen LogP contribution in [0.25, 0.3) is 0 Å². The van der Waals surface area contributed by atoms with Gasteiger partial charge in [-0.25, -0.2) is 0 Å². The van der Waals surface area contributed by atoms with Gasteiger partial charge in [0.15, 0.2) is 0 Å². The fourth-order valence-electron chi connectivity index (χ4n) is 2.72. The molecule has 1 fully saturated rings. The molecule has 3 N–H and O–H groups in total. The van der Waals surface area contributed by atoms with Gasteiger partial charge in [0, 0.05) is 19.0 Å². The molecule has 0 heterocycles. The van der Waals surface area contributed by atoms with E-state index in [9.17, 15) is 4.79 Å². The second-order valence-corrected chi connectivity index (χ2v) is 6.24. The first-order chi connectivity index (χ1) is 8.77. The van der Waals surface area contributed by atoms with E-state index >= 15 is 0 Å². The van der Waals surface area contributed by atoms with Crippen molar-refractivity contribution in [3.63, 3.8) is 0 Å². The van der Waals surface area contributed by atoms with Gasteiger partial charge in [-0.05, 0) is 43.6 Å². The Kier molecular flexibility index (Phi) is 8.51. The summed E-state index contributed by atoms with van der Waals surface area (Å²) in [5.74, 6) is 1.95. The quantitative estimate of drug-likeness (QED) is 0.668. The Morgan fingerprint density at radius 1 is 1.33 bits per heavy atom. The first-order valence-corrected chi connectivity index (χ1v) is 8.65. The third-order valence-electron chi connectivity index (χ3n) is 3.82. The number of carbonyl (C=O) groups excluding carboxylic acids is 1. The second-order valence-electron chi connectivity index (χ2n) is 5.26. The molecule has 106 valence electrons. The Bertz CT molecular complexity index is 230. The Balaban J connectivity index is 2.22. The molecule has 3 nitrogen and oxygen atoms in total. The normalized spacial score (nSPS) is 18.6. The van der Waals surface area contributed by atoms with Crippen LogP contribution in [-0.4, -0.2) is 30.5 Å². The van der Waals surface area contributed by atoms with E-state index in [2.05, 4.69) is 11.6 Å². The van der Waals surface area contributed by atoms with E-state index in [-0.39, 0.29) is 11.9 Å². The van der Waals surface area contributed by atoms with Crippen molar-refractivity contribution in [2.75, 3.05) is 18.6 Å². The molecule has 1 unspecified atom stereocenters. The lowest BCUT2D eigenvalue weighted by atomic mass is 9.84. The van der Waals surface area contributed by atoms with E-state index in [4.69, 9.17) is 5.73 Å². The summed E-state index contributed by atoms with van der Waals surface area (Å²) < 4.78 is 0. The number of hydrogen-bond acceptors (Lipinski definition) is 3. The summed E-state index contributed by atoms with van der Waals surface area (Å²) in [5.41, 5.74) is 5.81. The second kappa shape index (κ2) is 9.68. The fraction of sp³-hybridized carbons (Fsp3) is 0.929. The minimum atomic E-state index is 0.192. The summed E-state index contributed by atoms with van der Waals surface area (Å²) in [4.78, 5) is 11.8. The average molecular weight is 272 g/mol. The summed E-state index contributed by atoms with van der Waals surface area (Å²) in [6.07, 6.45) is 11.3. The van der Waals surface area contributed by atoms with Crippen LogP contribution >= 0.6 is 11.8 Å². The minimum Gasteiger partial charge on any atom is -0.352 e. The predicted molar refractivity (Wildman–Crippen MR) is 79.8 cm³/mol. The number of thioether (sulfide) groups is 1. The average Bonchev–Trinajstić information content (AvgIpc) is 2.42. The number of amides is 1. The summed E-state index contributed by atoms with van der Waals surface area (Å²) >= 11 is 1.84. The van der Waals surface area contributed by atoms with E-state index < -0.39 is 0 Å². The molecule has 1 atom stereocenters. The zero-order valence-corrected chi connectivity index (χ0v) is 12.4. The summed E-state index contributed by atoms with van der Waals surface area (Å²) in [6, 6.07) is 0.207. The maximum atomic E-state index is 11.8. The molecule has 0 radical (unpaired) electrons. The predicted octanol–water partition coefficient (Wildman–Crippen LogP) is 2.54. The largest absolute Gasteiger partial charge is 0.352 e. The molecule has 0 aromatic heterocycles. The van der Waals surface area contributed by atoms with E-state index in [1.807, 2.05) is 11.8 Å². The zero-order chi connectivity index (χ0) is 13.2. The first kappa shape index (κ1) is 15.8. The Morgan fingerprint density at radius 3 is 2.67 bits per heavy atom. The fourth-order valence-corrected chi connectivity index (χ4v) is 3.21. The van der Waals surface area contributed by atoms with E-state index in [1.54, 1.807) is 0 Å². The molecule has 0 aliphatic heterocycles. The van der Waals surface area contributed by atoms with Crippen LogP contribution in [0.1, 0.15) is 51.4 Å². The number of nitrogens with one attached hydrogen (secondary N) is 1. The molecule has 0 bridgehead atoms. The molecule has 0 aromatic carbocycles. The lowest BCUT2D eigenvalue weighted by molar-refractivity contribution is -0.122. The number of rotatable bonds is 8. The molecule has 1 rings (SSSR count). The highest BCUT2D eigenvalue weighted by atomic mass is 32.2. The van der Waals surface area contributed by atoms with Gasteiger partial charge >= 0.3 is 0 Å². The van der Waals surface area contributed by atoms with Crippen LogP contribution in [0.4, 0.5) is 0 Å². The smallest absolute Gasteiger partial charge is 0.220 e. The highest BCUT2D eigenvalue weighted by molar-refractivity contribution is 7.98. The number of unbranched alkanes of at least 4 members (excludes halogenated alkanes) is 1. The molecule has 1 aliphatic carbocycles. The molecule has 0 aromatic rings. The third kappa shape index (κ3) is 6.10. The third-order valence-corrected chi connectivity index (χ3v) is 4.52. The first-order valence-electron chi connectivity index (χ1n) is 7.26. The van der Waals surface area contributed by atoms with Crippen molar-refractivity contribution in [1.29, 1.82) is 0 Å². The van der Waals surface area contributed by atoms with Crippen molar-refractivity contribution in [3.8, 4) is 0 Å². The highest BCUT2D eigenvalue weighted by Gasteiger charge is 2.23. The molecule has 4 heteroatoms. The molecule has 1 amide bonds. The summed E-state index contributed by atoms with van der Waals surface area (Å²) in [6.45, 7) is 0.585. The van der Waals surface area contributed by atoms with Gasteiger partial charge in [0.05, 0.1) is 0 Å². The van der Waals surface area contributed by atoms with Crippen molar-refractivity contribution in [2.45, 2.75) is 57.4 Å². The van der Waals surface area contributed by atoms with E-state index in [0.717, 1.165) is 18.6 Å². The van der Waals surface area contributed by atoms with Crippen LogP contribution in [0.2, 0.25) is 0 Å². The van der Waals surface area contributed by atoms with Gasteiger partial charge in [-0.3, -0.25) is 4.79 Å². The number of hydrogen-bond donors (Lipinski definition) is 2. The van der Waals surface area contributed by atoms with Crippen molar-refractivity contribution < 1.29 is 4.79 Å². The Hall–Kier alpha value is -0.220.